The molecule has 2 saturated heterocycles. The van der Waals surface area contributed by atoms with Crippen LogP contribution in [0.2, 0.25) is 0 Å². The number of morpholine rings is 1. The quantitative estimate of drug-likeness (QED) is 0.849. The highest BCUT2D eigenvalue weighted by atomic mass is 16.5. The number of nitrogens with zero attached hydrogens (tertiary/aromatic N) is 4. The van der Waals surface area contributed by atoms with E-state index in [1.54, 1.807) is 15.8 Å². The molecule has 2 aromatic rings. The van der Waals surface area contributed by atoms with E-state index in [1.165, 1.54) is 0 Å². The third kappa shape index (κ3) is 4.12. The van der Waals surface area contributed by atoms with Crippen LogP contribution >= 0.6 is 0 Å². The highest BCUT2D eigenvalue weighted by molar-refractivity contribution is 5.97. The minimum atomic E-state index is -0.207. The smallest absolute Gasteiger partial charge is 0.253 e. The van der Waals surface area contributed by atoms with Crippen molar-refractivity contribution in [1.82, 2.24) is 14.7 Å². The third-order valence-electron chi connectivity index (χ3n) is 5.81. The molecule has 1 unspecified atom stereocenters. The lowest BCUT2D eigenvalue weighted by Crippen LogP contribution is -2.36. The molecular formula is C21H27N5O3. The standard InChI is InChI=1S/C21H27N5O3/c1-15-19(13-22-24(15)2)23-20(27)17-6-7-26(14-17)21(28)16-4-3-5-18(12-16)25-8-10-29-11-9-25/h3-5,12-13,17H,6-11,14H2,1-2H3,(H,23,27). The first-order valence-electron chi connectivity index (χ1n) is 10.0. The van der Waals surface area contributed by atoms with E-state index in [0.29, 0.717) is 38.3 Å². The van der Waals surface area contributed by atoms with Crippen molar-refractivity contribution >= 4 is 23.2 Å². The van der Waals surface area contributed by atoms with Crippen LogP contribution in [0.15, 0.2) is 30.5 Å². The summed E-state index contributed by atoms with van der Waals surface area (Å²) in [5.41, 5.74) is 3.34. The zero-order chi connectivity index (χ0) is 20.4. The molecule has 29 heavy (non-hydrogen) atoms. The number of ether oxygens (including phenoxy) is 1. The molecular weight excluding hydrogens is 370 g/mol. The van der Waals surface area contributed by atoms with Crippen LogP contribution < -0.4 is 10.2 Å². The Morgan fingerprint density at radius 2 is 2.00 bits per heavy atom. The van der Waals surface area contributed by atoms with Crippen molar-refractivity contribution in [3.63, 3.8) is 0 Å². The van der Waals surface area contributed by atoms with Crippen LogP contribution in [-0.2, 0) is 16.6 Å². The van der Waals surface area contributed by atoms with Gasteiger partial charge in [0.2, 0.25) is 5.91 Å². The first-order chi connectivity index (χ1) is 14.0. The van der Waals surface area contributed by atoms with Gasteiger partial charge in [-0.25, -0.2) is 0 Å². The Morgan fingerprint density at radius 3 is 2.72 bits per heavy atom. The molecule has 154 valence electrons. The fraction of sp³-hybridized carbons (Fsp3) is 0.476. The average molecular weight is 397 g/mol. The Balaban J connectivity index is 1.39. The molecule has 0 aliphatic carbocycles. The highest BCUT2D eigenvalue weighted by Crippen LogP contribution is 2.24. The number of carbonyl (C=O) groups excluding carboxylic acids is 2. The van der Waals surface area contributed by atoms with E-state index in [1.807, 2.05) is 38.2 Å². The number of amides is 2. The van der Waals surface area contributed by atoms with Crippen LogP contribution in [-0.4, -0.2) is 65.9 Å². The van der Waals surface area contributed by atoms with Crippen LogP contribution in [0.3, 0.4) is 0 Å². The van der Waals surface area contributed by atoms with Gasteiger partial charge in [-0.3, -0.25) is 14.3 Å². The summed E-state index contributed by atoms with van der Waals surface area (Å²) in [6, 6.07) is 7.74. The van der Waals surface area contributed by atoms with Crippen molar-refractivity contribution in [2.45, 2.75) is 13.3 Å². The fourth-order valence-corrected chi connectivity index (χ4v) is 3.85. The van der Waals surface area contributed by atoms with Crippen LogP contribution in [0.1, 0.15) is 22.5 Å². The number of likely N-dealkylation sites (tertiary alicyclic amines) is 1. The van der Waals surface area contributed by atoms with E-state index in [-0.39, 0.29) is 17.7 Å². The number of hydrogen-bond acceptors (Lipinski definition) is 5. The number of aromatic nitrogens is 2. The van der Waals surface area contributed by atoms with Crippen LogP contribution in [0.4, 0.5) is 11.4 Å². The molecule has 2 aliphatic heterocycles. The third-order valence-corrected chi connectivity index (χ3v) is 5.81. The largest absolute Gasteiger partial charge is 0.378 e. The number of aryl methyl sites for hydroxylation is 1. The maximum atomic E-state index is 13.0. The number of anilines is 2. The fourth-order valence-electron chi connectivity index (χ4n) is 3.85. The summed E-state index contributed by atoms with van der Waals surface area (Å²) in [5, 5.41) is 7.10. The second-order valence-corrected chi connectivity index (χ2v) is 7.64. The summed E-state index contributed by atoms with van der Waals surface area (Å²) in [7, 11) is 1.84. The molecule has 2 fully saturated rings. The van der Waals surface area contributed by atoms with Gasteiger partial charge in [-0.1, -0.05) is 6.07 Å². The predicted octanol–water partition coefficient (Wildman–Crippen LogP) is 1.67. The number of benzene rings is 1. The minimum Gasteiger partial charge on any atom is -0.378 e. The molecule has 0 bridgehead atoms. The lowest BCUT2D eigenvalue weighted by molar-refractivity contribution is -0.119. The molecule has 2 amide bonds. The number of hydrogen-bond donors (Lipinski definition) is 1. The molecule has 4 rings (SSSR count). The zero-order valence-electron chi connectivity index (χ0n) is 16.9. The van der Waals surface area contributed by atoms with E-state index >= 15 is 0 Å². The molecule has 1 N–H and O–H groups in total. The number of carbonyl (C=O) groups is 2. The van der Waals surface area contributed by atoms with Gasteiger partial charge in [-0.15, -0.1) is 0 Å². The molecule has 2 aliphatic rings. The minimum absolute atomic E-state index is 0.0204. The van der Waals surface area contributed by atoms with Crippen LogP contribution in [0, 0.1) is 12.8 Å². The molecule has 0 spiro atoms. The first-order valence-corrected chi connectivity index (χ1v) is 10.0. The van der Waals surface area contributed by atoms with Gasteiger partial charge in [0.15, 0.2) is 0 Å². The Morgan fingerprint density at radius 1 is 1.21 bits per heavy atom. The second kappa shape index (κ2) is 8.24. The van der Waals surface area contributed by atoms with E-state index in [0.717, 1.165) is 30.2 Å². The first kappa shape index (κ1) is 19.4. The van der Waals surface area contributed by atoms with Crippen molar-refractivity contribution in [2.24, 2.45) is 13.0 Å². The summed E-state index contributed by atoms with van der Waals surface area (Å²) in [6.07, 6.45) is 2.32. The Bertz CT molecular complexity index is 903. The van der Waals surface area contributed by atoms with E-state index < -0.39 is 0 Å². The summed E-state index contributed by atoms with van der Waals surface area (Å²) in [6.45, 7) is 6.01. The van der Waals surface area contributed by atoms with E-state index in [2.05, 4.69) is 15.3 Å². The molecule has 3 heterocycles. The van der Waals surface area contributed by atoms with Crippen LogP contribution in [0.25, 0.3) is 0 Å². The van der Waals surface area contributed by atoms with Crippen molar-refractivity contribution in [3.05, 3.63) is 41.7 Å². The molecule has 1 atom stereocenters. The van der Waals surface area contributed by atoms with Gasteiger partial charge in [-0.05, 0) is 31.5 Å². The van der Waals surface area contributed by atoms with Gasteiger partial charge in [-0.2, -0.15) is 5.10 Å². The second-order valence-electron chi connectivity index (χ2n) is 7.64. The average Bonchev–Trinajstić information content (AvgIpc) is 3.37. The van der Waals surface area contributed by atoms with Gasteiger partial charge < -0.3 is 19.9 Å². The molecule has 1 aromatic heterocycles. The van der Waals surface area contributed by atoms with Gasteiger partial charge in [0.25, 0.3) is 5.91 Å². The van der Waals surface area contributed by atoms with Crippen molar-refractivity contribution < 1.29 is 14.3 Å². The SMILES string of the molecule is Cc1c(NC(=O)C2CCN(C(=O)c3cccc(N4CCOCC4)c3)C2)cnn1C. The van der Waals surface area contributed by atoms with Crippen molar-refractivity contribution in [3.8, 4) is 0 Å². The number of rotatable bonds is 4. The van der Waals surface area contributed by atoms with Crippen molar-refractivity contribution in [1.29, 1.82) is 0 Å². The van der Waals surface area contributed by atoms with Gasteiger partial charge >= 0.3 is 0 Å². The van der Waals surface area contributed by atoms with Gasteiger partial charge in [0.05, 0.1) is 36.7 Å². The summed E-state index contributed by atoms with van der Waals surface area (Å²) in [5.74, 6) is -0.285. The van der Waals surface area contributed by atoms with Crippen LogP contribution in [0.5, 0.6) is 0 Å². The summed E-state index contributed by atoms with van der Waals surface area (Å²) in [4.78, 5) is 29.6. The maximum absolute atomic E-state index is 13.0. The number of nitrogens with one attached hydrogen (secondary N) is 1. The Labute approximate surface area is 170 Å². The highest BCUT2D eigenvalue weighted by Gasteiger charge is 2.32. The topological polar surface area (TPSA) is 79.7 Å². The monoisotopic (exact) mass is 397 g/mol. The lowest BCUT2D eigenvalue weighted by atomic mass is 10.1. The molecule has 0 radical (unpaired) electrons. The molecule has 1 aromatic carbocycles. The maximum Gasteiger partial charge on any atom is 0.253 e. The van der Waals surface area contributed by atoms with E-state index in [9.17, 15) is 9.59 Å². The normalized spacial score (nSPS) is 19.4. The molecule has 8 heteroatoms. The molecule has 0 saturated carbocycles. The Hall–Kier alpha value is -2.87. The van der Waals surface area contributed by atoms with Crippen molar-refractivity contribution in [2.75, 3.05) is 49.6 Å². The predicted molar refractivity (Wildman–Crippen MR) is 110 cm³/mol. The summed E-state index contributed by atoms with van der Waals surface area (Å²) >= 11 is 0. The summed E-state index contributed by atoms with van der Waals surface area (Å²) < 4.78 is 7.13. The van der Waals surface area contributed by atoms with Gasteiger partial charge in [0, 0.05) is 44.5 Å². The lowest BCUT2D eigenvalue weighted by Gasteiger charge is -2.29. The Kier molecular flexibility index (Phi) is 5.53. The molecule has 8 nitrogen and oxygen atoms in total. The zero-order valence-corrected chi connectivity index (χ0v) is 16.9. The van der Waals surface area contributed by atoms with Gasteiger partial charge in [0.1, 0.15) is 0 Å². The van der Waals surface area contributed by atoms with E-state index in [4.69, 9.17) is 4.74 Å².